The first-order valence-electron chi connectivity index (χ1n) is 13.5. The molecule has 0 aliphatic rings. The summed E-state index contributed by atoms with van der Waals surface area (Å²) in [4.78, 5) is 0. The number of rotatable bonds is 25. The molecule has 2 N–H and O–H groups in total. The van der Waals surface area contributed by atoms with Crippen molar-refractivity contribution in [1.82, 2.24) is 0 Å². The van der Waals surface area contributed by atoms with E-state index in [1.165, 1.54) is 0 Å². The molecule has 0 aromatic carbocycles. The van der Waals surface area contributed by atoms with Crippen LogP contribution in [0.4, 0.5) is 0 Å². The van der Waals surface area contributed by atoms with Crippen LogP contribution in [-0.2, 0) is 23.7 Å². The molecule has 0 amide bonds. The van der Waals surface area contributed by atoms with E-state index in [2.05, 4.69) is 13.5 Å². The molecule has 0 saturated carbocycles. The topological polar surface area (TPSA) is 86.6 Å². The van der Waals surface area contributed by atoms with Gasteiger partial charge in [0.15, 0.2) is 0 Å². The zero-order chi connectivity index (χ0) is 26.5. The second-order valence-corrected chi connectivity index (χ2v) is 9.73. The third-order valence-electron chi connectivity index (χ3n) is 6.92. The predicted octanol–water partition coefficient (Wildman–Crippen LogP) is 5.06. The summed E-state index contributed by atoms with van der Waals surface area (Å²) in [6.45, 7) is 5.96. The number of aliphatic hydroxyl groups is 2. The lowest BCUT2D eigenvalue weighted by atomic mass is 9.95. The third kappa shape index (κ3) is 17.5. The molecule has 0 aliphatic carbocycles. The molecule has 0 bridgehead atoms. The molecule has 0 heterocycles. The quantitative estimate of drug-likeness (QED) is 0.133. The molecule has 0 aromatic rings. The Balaban J connectivity index is 4.38. The van der Waals surface area contributed by atoms with Crippen LogP contribution in [0.5, 0.6) is 0 Å². The first-order valence-corrected chi connectivity index (χ1v) is 13.5. The Labute approximate surface area is 215 Å². The van der Waals surface area contributed by atoms with E-state index in [4.69, 9.17) is 23.7 Å². The number of hydrogen-bond acceptors (Lipinski definition) is 7. The fourth-order valence-electron chi connectivity index (χ4n) is 4.71. The minimum Gasteiger partial charge on any atom is -0.393 e. The van der Waals surface area contributed by atoms with Crippen LogP contribution in [-0.4, -0.2) is 88.5 Å². The van der Waals surface area contributed by atoms with Crippen molar-refractivity contribution in [3.63, 3.8) is 0 Å². The van der Waals surface area contributed by atoms with Gasteiger partial charge in [-0.2, -0.15) is 0 Å². The Morgan fingerprint density at radius 2 is 1.03 bits per heavy atom. The lowest BCUT2D eigenvalue weighted by molar-refractivity contribution is -0.0340. The highest BCUT2D eigenvalue weighted by Crippen LogP contribution is 2.21. The van der Waals surface area contributed by atoms with E-state index >= 15 is 0 Å². The molecule has 0 aromatic heterocycles. The molecule has 210 valence electrons. The Hall–Kier alpha value is -0.540. The molecule has 0 fully saturated rings. The summed E-state index contributed by atoms with van der Waals surface area (Å²) in [6.07, 6.45) is 11.8. The average molecular weight is 505 g/mol. The first kappa shape index (κ1) is 34.5. The summed E-state index contributed by atoms with van der Waals surface area (Å²) in [5, 5.41) is 21.2. The van der Waals surface area contributed by atoms with E-state index in [1.807, 2.05) is 6.08 Å². The molecule has 35 heavy (non-hydrogen) atoms. The molecular weight excluding hydrogens is 448 g/mol. The van der Waals surface area contributed by atoms with Crippen LogP contribution in [0.1, 0.15) is 90.4 Å². The van der Waals surface area contributed by atoms with Crippen LogP contribution >= 0.6 is 0 Å². The fourth-order valence-corrected chi connectivity index (χ4v) is 4.71. The van der Waals surface area contributed by atoms with E-state index in [-0.39, 0.29) is 24.4 Å². The van der Waals surface area contributed by atoms with Gasteiger partial charge in [0.2, 0.25) is 0 Å². The van der Waals surface area contributed by atoms with Crippen molar-refractivity contribution < 1.29 is 33.9 Å². The van der Waals surface area contributed by atoms with Gasteiger partial charge >= 0.3 is 0 Å². The van der Waals surface area contributed by atoms with Gasteiger partial charge in [0.25, 0.3) is 0 Å². The van der Waals surface area contributed by atoms with Gasteiger partial charge in [0, 0.05) is 42.0 Å². The number of ether oxygens (including phenoxy) is 5. The molecule has 0 unspecified atom stereocenters. The Morgan fingerprint density at radius 3 is 1.51 bits per heavy atom. The van der Waals surface area contributed by atoms with Gasteiger partial charge in [0.1, 0.15) is 0 Å². The molecule has 0 spiro atoms. The van der Waals surface area contributed by atoms with E-state index < -0.39 is 12.2 Å². The Bertz CT molecular complexity index is 476. The second kappa shape index (κ2) is 22.6. The van der Waals surface area contributed by atoms with Gasteiger partial charge in [-0.1, -0.05) is 38.7 Å². The Morgan fingerprint density at radius 1 is 0.571 bits per heavy atom. The van der Waals surface area contributed by atoms with Gasteiger partial charge in [-0.3, -0.25) is 0 Å². The van der Waals surface area contributed by atoms with Crippen molar-refractivity contribution in [2.45, 2.75) is 133 Å². The second-order valence-electron chi connectivity index (χ2n) is 9.73. The Kier molecular flexibility index (Phi) is 22.3. The predicted molar refractivity (Wildman–Crippen MR) is 142 cm³/mol. The lowest BCUT2D eigenvalue weighted by Gasteiger charge is -2.27. The van der Waals surface area contributed by atoms with Crippen LogP contribution in [0.15, 0.2) is 12.7 Å². The summed E-state index contributed by atoms with van der Waals surface area (Å²) in [6, 6.07) is 0. The number of methoxy groups -OCH3 is 5. The van der Waals surface area contributed by atoms with Gasteiger partial charge in [-0.05, 0) is 51.4 Å². The third-order valence-corrected chi connectivity index (χ3v) is 6.92. The van der Waals surface area contributed by atoms with Gasteiger partial charge < -0.3 is 33.9 Å². The van der Waals surface area contributed by atoms with Crippen molar-refractivity contribution in [1.29, 1.82) is 0 Å². The van der Waals surface area contributed by atoms with Crippen LogP contribution in [0.2, 0.25) is 0 Å². The smallest absolute Gasteiger partial charge is 0.0630 e. The van der Waals surface area contributed by atoms with Crippen molar-refractivity contribution in [2.24, 2.45) is 0 Å². The summed E-state index contributed by atoms with van der Waals surface area (Å²) in [5.41, 5.74) is 0. The largest absolute Gasteiger partial charge is 0.393 e. The molecule has 7 heteroatoms. The minimum atomic E-state index is -0.652. The standard InChI is InChI=1S/C28H56O7/c1-8-13-24(31-3)15-11-10-12-16-26(33-5)18-22(29)17-23(30)19-27(34-6)21-28(35-7)20-25(32-4)14-9-2/h9,22-30H,2,8,10-21H2,1,3-7H3/t22-,23+,24+,25-,26+,27+,28-/m0/s1. The maximum atomic E-state index is 10.6. The summed E-state index contributed by atoms with van der Waals surface area (Å²) in [7, 11) is 8.52. The summed E-state index contributed by atoms with van der Waals surface area (Å²) < 4.78 is 27.9. The van der Waals surface area contributed by atoms with E-state index in [9.17, 15) is 10.2 Å². The molecule has 0 rings (SSSR count). The van der Waals surface area contributed by atoms with E-state index in [1.54, 1.807) is 35.5 Å². The van der Waals surface area contributed by atoms with E-state index in [0.29, 0.717) is 31.8 Å². The van der Waals surface area contributed by atoms with Crippen molar-refractivity contribution in [3.05, 3.63) is 12.7 Å². The van der Waals surface area contributed by atoms with Crippen molar-refractivity contribution >= 4 is 0 Å². The molecule has 7 atom stereocenters. The molecule has 0 aliphatic heterocycles. The van der Waals surface area contributed by atoms with Crippen molar-refractivity contribution in [2.75, 3.05) is 35.5 Å². The van der Waals surface area contributed by atoms with Crippen LogP contribution in [0.3, 0.4) is 0 Å². The minimum absolute atomic E-state index is 0.00186. The first-order chi connectivity index (χ1) is 16.9. The normalized spacial score (nSPS) is 17.9. The monoisotopic (exact) mass is 504 g/mol. The van der Waals surface area contributed by atoms with E-state index in [0.717, 1.165) is 57.8 Å². The van der Waals surface area contributed by atoms with Crippen LogP contribution < -0.4 is 0 Å². The van der Waals surface area contributed by atoms with Gasteiger partial charge in [-0.15, -0.1) is 6.58 Å². The van der Waals surface area contributed by atoms with Crippen LogP contribution in [0.25, 0.3) is 0 Å². The zero-order valence-corrected chi connectivity index (χ0v) is 23.5. The summed E-state index contributed by atoms with van der Waals surface area (Å²) >= 11 is 0. The molecule has 0 radical (unpaired) electrons. The molecule has 7 nitrogen and oxygen atoms in total. The maximum absolute atomic E-state index is 10.6. The highest BCUT2D eigenvalue weighted by Gasteiger charge is 2.24. The fraction of sp³-hybridized carbons (Fsp3) is 0.929. The number of hydrogen-bond donors (Lipinski definition) is 2. The number of unbranched alkanes of at least 4 members (excludes halogenated alkanes) is 2. The van der Waals surface area contributed by atoms with Crippen LogP contribution in [0, 0.1) is 0 Å². The SMILES string of the molecule is C=CC[C@@H](C[C@@H](C[C@@H](C[C@H](O)C[C@H](O)C[C@@H](CCCCC[C@@H](CCC)OC)OC)OC)OC)OC. The average Bonchev–Trinajstić information content (AvgIpc) is 2.85. The lowest BCUT2D eigenvalue weighted by Crippen LogP contribution is -2.31. The summed E-state index contributed by atoms with van der Waals surface area (Å²) in [5.74, 6) is 0. The van der Waals surface area contributed by atoms with Crippen molar-refractivity contribution in [3.8, 4) is 0 Å². The highest BCUT2D eigenvalue weighted by atomic mass is 16.5. The number of aliphatic hydroxyl groups excluding tert-OH is 2. The highest BCUT2D eigenvalue weighted by molar-refractivity contribution is 4.79. The van der Waals surface area contributed by atoms with Gasteiger partial charge in [0.05, 0.1) is 42.7 Å². The molecular formula is C28H56O7. The maximum Gasteiger partial charge on any atom is 0.0630 e. The molecule has 0 saturated heterocycles. The zero-order valence-electron chi connectivity index (χ0n) is 23.5. The van der Waals surface area contributed by atoms with Gasteiger partial charge in [-0.25, -0.2) is 0 Å².